The SMILES string of the molecule is CC(C)(CO)c1c(Br)ccc2c1OCCO2. The molecular weight excluding hydrogens is 272 g/mol. The Kier molecular flexibility index (Phi) is 3.13. The molecule has 0 unspecified atom stereocenters. The number of hydrogen-bond acceptors (Lipinski definition) is 3. The Hall–Kier alpha value is -0.740. The lowest BCUT2D eigenvalue weighted by atomic mass is 9.84. The first kappa shape index (κ1) is 11.7. The summed E-state index contributed by atoms with van der Waals surface area (Å²) < 4.78 is 12.1. The lowest BCUT2D eigenvalue weighted by Gasteiger charge is -2.29. The normalized spacial score (nSPS) is 15.0. The molecule has 1 aliphatic rings. The molecule has 1 aromatic rings. The molecule has 3 nitrogen and oxygen atoms in total. The summed E-state index contributed by atoms with van der Waals surface area (Å²) in [6.07, 6.45) is 0. The topological polar surface area (TPSA) is 38.7 Å². The molecule has 1 heterocycles. The smallest absolute Gasteiger partial charge is 0.166 e. The molecule has 0 fully saturated rings. The average Bonchev–Trinajstić information content (AvgIpc) is 2.28. The molecule has 4 heteroatoms. The molecule has 0 saturated heterocycles. The van der Waals surface area contributed by atoms with Crippen LogP contribution in [0.15, 0.2) is 16.6 Å². The monoisotopic (exact) mass is 286 g/mol. The van der Waals surface area contributed by atoms with E-state index in [0.29, 0.717) is 13.2 Å². The van der Waals surface area contributed by atoms with Crippen LogP contribution in [0.3, 0.4) is 0 Å². The first-order valence-corrected chi connectivity index (χ1v) is 6.05. The fourth-order valence-corrected chi connectivity index (χ4v) is 2.65. The summed E-state index contributed by atoms with van der Waals surface area (Å²) in [5.74, 6) is 1.51. The predicted octanol–water partition coefficient (Wildman–Crippen LogP) is 2.49. The van der Waals surface area contributed by atoms with Gasteiger partial charge in [0.1, 0.15) is 13.2 Å². The number of aliphatic hydroxyl groups excluding tert-OH is 1. The minimum atomic E-state index is -0.356. The molecule has 0 spiro atoms. The van der Waals surface area contributed by atoms with Gasteiger partial charge in [0.15, 0.2) is 11.5 Å². The van der Waals surface area contributed by atoms with Gasteiger partial charge >= 0.3 is 0 Å². The molecular formula is C12H15BrO3. The maximum Gasteiger partial charge on any atom is 0.166 e. The predicted molar refractivity (Wildman–Crippen MR) is 65.2 cm³/mol. The Bertz CT molecular complexity index is 401. The van der Waals surface area contributed by atoms with Crippen molar-refractivity contribution < 1.29 is 14.6 Å². The Morgan fingerprint density at radius 3 is 2.69 bits per heavy atom. The van der Waals surface area contributed by atoms with E-state index < -0.39 is 0 Å². The third-order valence-electron chi connectivity index (χ3n) is 2.73. The molecule has 0 saturated carbocycles. The number of hydrogen-bond donors (Lipinski definition) is 1. The van der Waals surface area contributed by atoms with E-state index in [4.69, 9.17) is 9.47 Å². The molecule has 0 aromatic heterocycles. The largest absolute Gasteiger partial charge is 0.486 e. The van der Waals surface area contributed by atoms with Gasteiger partial charge in [-0.15, -0.1) is 0 Å². The molecule has 16 heavy (non-hydrogen) atoms. The van der Waals surface area contributed by atoms with Crippen LogP contribution >= 0.6 is 15.9 Å². The highest BCUT2D eigenvalue weighted by atomic mass is 79.9. The highest BCUT2D eigenvalue weighted by Gasteiger charge is 2.30. The Morgan fingerprint density at radius 2 is 2.00 bits per heavy atom. The molecule has 2 rings (SSSR count). The standard InChI is InChI=1S/C12H15BrO3/c1-12(2,7-14)10-8(13)3-4-9-11(10)16-6-5-15-9/h3-4,14H,5-7H2,1-2H3. The third kappa shape index (κ3) is 1.92. The maximum atomic E-state index is 9.46. The fraction of sp³-hybridized carbons (Fsp3) is 0.500. The summed E-state index contributed by atoms with van der Waals surface area (Å²) in [5.41, 5.74) is 0.609. The van der Waals surface area contributed by atoms with Gasteiger partial charge < -0.3 is 14.6 Å². The van der Waals surface area contributed by atoms with Crippen LogP contribution < -0.4 is 9.47 Å². The van der Waals surface area contributed by atoms with Crippen molar-refractivity contribution in [3.05, 3.63) is 22.2 Å². The van der Waals surface area contributed by atoms with E-state index in [1.54, 1.807) is 0 Å². The van der Waals surface area contributed by atoms with Gasteiger partial charge in [0, 0.05) is 15.5 Å². The first-order valence-electron chi connectivity index (χ1n) is 5.26. The number of ether oxygens (including phenoxy) is 2. The summed E-state index contributed by atoms with van der Waals surface area (Å²) in [7, 11) is 0. The number of rotatable bonds is 2. The van der Waals surface area contributed by atoms with E-state index in [2.05, 4.69) is 15.9 Å². The highest BCUT2D eigenvalue weighted by molar-refractivity contribution is 9.10. The van der Waals surface area contributed by atoms with Gasteiger partial charge in [-0.25, -0.2) is 0 Å². The van der Waals surface area contributed by atoms with Gasteiger partial charge in [0.2, 0.25) is 0 Å². The molecule has 0 atom stereocenters. The van der Waals surface area contributed by atoms with Crippen LogP contribution in [0.25, 0.3) is 0 Å². The maximum absolute atomic E-state index is 9.46. The van der Waals surface area contributed by atoms with Crippen molar-refractivity contribution in [1.82, 2.24) is 0 Å². The summed E-state index contributed by atoms with van der Waals surface area (Å²) in [4.78, 5) is 0. The number of aliphatic hydroxyl groups is 1. The van der Waals surface area contributed by atoms with Crippen LogP contribution in [-0.2, 0) is 5.41 Å². The molecule has 1 aliphatic heterocycles. The zero-order chi connectivity index (χ0) is 11.8. The van der Waals surface area contributed by atoms with Crippen molar-refractivity contribution in [2.24, 2.45) is 0 Å². The lowest BCUT2D eigenvalue weighted by Crippen LogP contribution is -2.26. The molecule has 0 radical (unpaired) electrons. The Labute approximate surface area is 104 Å². The second-order valence-corrected chi connectivity index (χ2v) is 5.34. The Balaban J connectivity index is 2.58. The van der Waals surface area contributed by atoms with Crippen LogP contribution in [0.2, 0.25) is 0 Å². The molecule has 88 valence electrons. The van der Waals surface area contributed by atoms with Gasteiger partial charge in [0.25, 0.3) is 0 Å². The van der Waals surface area contributed by atoms with Gasteiger partial charge in [-0.2, -0.15) is 0 Å². The van der Waals surface area contributed by atoms with Crippen LogP contribution in [-0.4, -0.2) is 24.9 Å². The van der Waals surface area contributed by atoms with E-state index in [0.717, 1.165) is 21.5 Å². The van der Waals surface area contributed by atoms with E-state index in [1.165, 1.54) is 0 Å². The fourth-order valence-electron chi connectivity index (χ4n) is 1.80. The van der Waals surface area contributed by atoms with E-state index in [-0.39, 0.29) is 12.0 Å². The number of benzene rings is 1. The summed E-state index contributed by atoms with van der Waals surface area (Å²) >= 11 is 3.51. The minimum Gasteiger partial charge on any atom is -0.486 e. The van der Waals surface area contributed by atoms with Gasteiger partial charge in [-0.3, -0.25) is 0 Å². The van der Waals surface area contributed by atoms with Crippen molar-refractivity contribution in [3.63, 3.8) is 0 Å². The van der Waals surface area contributed by atoms with Crippen molar-refractivity contribution in [1.29, 1.82) is 0 Å². The number of fused-ring (bicyclic) bond motifs is 1. The molecule has 0 aliphatic carbocycles. The Morgan fingerprint density at radius 1 is 1.31 bits per heavy atom. The average molecular weight is 287 g/mol. The second-order valence-electron chi connectivity index (χ2n) is 4.49. The molecule has 1 aromatic carbocycles. The van der Waals surface area contributed by atoms with E-state index >= 15 is 0 Å². The summed E-state index contributed by atoms with van der Waals surface area (Å²) in [6, 6.07) is 3.82. The second kappa shape index (κ2) is 4.26. The van der Waals surface area contributed by atoms with Crippen molar-refractivity contribution in [2.45, 2.75) is 19.3 Å². The molecule has 1 N–H and O–H groups in total. The van der Waals surface area contributed by atoms with Crippen molar-refractivity contribution >= 4 is 15.9 Å². The quantitative estimate of drug-likeness (QED) is 0.908. The van der Waals surface area contributed by atoms with Gasteiger partial charge in [-0.1, -0.05) is 29.8 Å². The zero-order valence-corrected chi connectivity index (χ0v) is 11.0. The molecule has 0 amide bonds. The minimum absolute atomic E-state index is 0.0609. The van der Waals surface area contributed by atoms with Crippen molar-refractivity contribution in [3.8, 4) is 11.5 Å². The van der Waals surface area contributed by atoms with Crippen molar-refractivity contribution in [2.75, 3.05) is 19.8 Å². The summed E-state index contributed by atoms with van der Waals surface area (Å²) in [6.45, 7) is 5.15. The third-order valence-corrected chi connectivity index (χ3v) is 3.39. The van der Waals surface area contributed by atoms with E-state index in [1.807, 2.05) is 26.0 Å². The molecule has 0 bridgehead atoms. The van der Waals surface area contributed by atoms with Crippen LogP contribution in [0.5, 0.6) is 11.5 Å². The van der Waals surface area contributed by atoms with E-state index in [9.17, 15) is 5.11 Å². The number of halogens is 1. The van der Waals surface area contributed by atoms with Gasteiger partial charge in [0.05, 0.1) is 6.61 Å². The highest BCUT2D eigenvalue weighted by Crippen LogP contribution is 2.44. The van der Waals surface area contributed by atoms with Gasteiger partial charge in [-0.05, 0) is 12.1 Å². The van der Waals surface area contributed by atoms with Crippen LogP contribution in [0.1, 0.15) is 19.4 Å². The lowest BCUT2D eigenvalue weighted by molar-refractivity contribution is 0.161. The summed E-state index contributed by atoms with van der Waals surface area (Å²) in [5, 5.41) is 9.46. The first-order chi connectivity index (χ1) is 7.56. The van der Waals surface area contributed by atoms with Crippen LogP contribution in [0.4, 0.5) is 0 Å². The van der Waals surface area contributed by atoms with Crippen LogP contribution in [0, 0.1) is 0 Å². The zero-order valence-electron chi connectivity index (χ0n) is 9.42.